The van der Waals surface area contributed by atoms with Gasteiger partial charge in [-0.15, -0.1) is 0 Å². The minimum atomic E-state index is -0.655. The summed E-state index contributed by atoms with van der Waals surface area (Å²) in [4.78, 5) is 13.9. The number of nitrogens with one attached hydrogen (secondary N) is 1. The highest BCUT2D eigenvalue weighted by Gasteiger charge is 2.24. The lowest BCUT2D eigenvalue weighted by Crippen LogP contribution is -2.48. The summed E-state index contributed by atoms with van der Waals surface area (Å²) in [7, 11) is 0. The molecule has 1 aliphatic heterocycles. The lowest BCUT2D eigenvalue weighted by atomic mass is 10.0. The number of rotatable bonds is 6. The first kappa shape index (κ1) is 18.8. The monoisotopic (exact) mass is 340 g/mol. The molecule has 1 aromatic carbocycles. The number of carbonyl (C=O) groups is 1. The van der Waals surface area contributed by atoms with Crippen LogP contribution in [0.5, 0.6) is 0 Å². The van der Waals surface area contributed by atoms with Crippen LogP contribution < -0.4 is 5.32 Å². The summed E-state index contributed by atoms with van der Waals surface area (Å²) in [6, 6.07) is 3.82. The molecule has 24 heavy (non-hydrogen) atoms. The van der Waals surface area contributed by atoms with E-state index in [-0.39, 0.29) is 36.4 Å². The Labute approximate surface area is 141 Å². The minimum absolute atomic E-state index is 0.0302. The fourth-order valence-electron chi connectivity index (χ4n) is 2.94. The molecular weight excluding hydrogens is 314 g/mol. The molecule has 0 spiro atoms. The van der Waals surface area contributed by atoms with E-state index in [2.05, 4.69) is 5.32 Å². The molecule has 2 atom stereocenters. The van der Waals surface area contributed by atoms with Gasteiger partial charge in [0.1, 0.15) is 11.6 Å². The van der Waals surface area contributed by atoms with Crippen molar-refractivity contribution in [3.8, 4) is 0 Å². The minimum Gasteiger partial charge on any atom is -0.392 e. The van der Waals surface area contributed by atoms with Gasteiger partial charge in [-0.1, -0.05) is 19.9 Å². The number of hydrogen-bond acceptors (Lipinski definition) is 3. The van der Waals surface area contributed by atoms with Gasteiger partial charge < -0.3 is 10.4 Å². The predicted octanol–water partition coefficient (Wildman–Crippen LogP) is 2.45. The van der Waals surface area contributed by atoms with Crippen LogP contribution in [0.3, 0.4) is 0 Å². The number of aliphatic hydroxyl groups is 1. The molecule has 1 aliphatic rings. The topological polar surface area (TPSA) is 52.6 Å². The smallest absolute Gasteiger partial charge is 0.222 e. The highest BCUT2D eigenvalue weighted by atomic mass is 19.1. The number of aliphatic hydroxyl groups excluding tert-OH is 1. The number of piperidine rings is 1. The van der Waals surface area contributed by atoms with E-state index in [0.717, 1.165) is 19.4 Å². The van der Waals surface area contributed by atoms with Crippen LogP contribution in [-0.2, 0) is 11.3 Å². The molecule has 2 N–H and O–H groups in total. The van der Waals surface area contributed by atoms with Crippen molar-refractivity contribution >= 4 is 5.91 Å². The third kappa shape index (κ3) is 5.24. The highest BCUT2D eigenvalue weighted by Crippen LogP contribution is 2.18. The molecule has 4 nitrogen and oxygen atoms in total. The maximum Gasteiger partial charge on any atom is 0.222 e. The number of likely N-dealkylation sites (tertiary alicyclic amines) is 1. The summed E-state index contributed by atoms with van der Waals surface area (Å²) in [6.07, 6.45) is 1.11. The molecule has 2 rings (SSSR count). The van der Waals surface area contributed by atoms with Gasteiger partial charge in [-0.25, -0.2) is 8.78 Å². The maximum absolute atomic E-state index is 13.8. The molecule has 0 aromatic heterocycles. The van der Waals surface area contributed by atoms with E-state index in [4.69, 9.17) is 0 Å². The van der Waals surface area contributed by atoms with Crippen molar-refractivity contribution in [2.75, 3.05) is 13.1 Å². The van der Waals surface area contributed by atoms with Crippen molar-refractivity contribution in [2.24, 2.45) is 5.92 Å². The Hall–Kier alpha value is -1.53. The number of carbonyl (C=O) groups excluding carboxylic acids is 1. The van der Waals surface area contributed by atoms with Gasteiger partial charge in [0.15, 0.2) is 0 Å². The Bertz CT molecular complexity index is 546. The normalized spacial score (nSPS) is 20.2. The van der Waals surface area contributed by atoms with E-state index >= 15 is 0 Å². The first-order valence-corrected chi connectivity index (χ1v) is 8.49. The fourth-order valence-corrected chi connectivity index (χ4v) is 2.94. The zero-order valence-corrected chi connectivity index (χ0v) is 14.3. The van der Waals surface area contributed by atoms with Crippen LogP contribution in [0.1, 0.15) is 38.7 Å². The van der Waals surface area contributed by atoms with Crippen molar-refractivity contribution in [3.05, 3.63) is 35.4 Å². The third-order valence-corrected chi connectivity index (χ3v) is 4.48. The van der Waals surface area contributed by atoms with Crippen LogP contribution in [0.25, 0.3) is 0 Å². The largest absolute Gasteiger partial charge is 0.392 e. The summed E-state index contributed by atoms with van der Waals surface area (Å²) < 4.78 is 27.5. The quantitative estimate of drug-likeness (QED) is 0.836. The predicted molar refractivity (Wildman–Crippen MR) is 88.3 cm³/mol. The van der Waals surface area contributed by atoms with E-state index in [1.54, 1.807) is 0 Å². The van der Waals surface area contributed by atoms with Gasteiger partial charge in [-0.2, -0.15) is 0 Å². The van der Waals surface area contributed by atoms with Crippen LogP contribution in [0, 0.1) is 17.6 Å². The molecule has 2 unspecified atom stereocenters. The molecule has 1 fully saturated rings. The average Bonchev–Trinajstić information content (AvgIpc) is 2.51. The second-order valence-corrected chi connectivity index (χ2v) is 6.86. The Kier molecular flexibility index (Phi) is 6.69. The summed E-state index contributed by atoms with van der Waals surface area (Å²) in [5.74, 6) is -1.23. The summed E-state index contributed by atoms with van der Waals surface area (Å²) in [5, 5.41) is 12.7. The van der Waals surface area contributed by atoms with Crippen LogP contribution in [0.4, 0.5) is 8.78 Å². The number of halogens is 2. The van der Waals surface area contributed by atoms with Gasteiger partial charge in [0, 0.05) is 24.7 Å². The zero-order valence-electron chi connectivity index (χ0n) is 14.3. The van der Waals surface area contributed by atoms with Crippen molar-refractivity contribution in [2.45, 2.75) is 51.8 Å². The third-order valence-electron chi connectivity index (χ3n) is 4.48. The van der Waals surface area contributed by atoms with Gasteiger partial charge >= 0.3 is 0 Å². The van der Waals surface area contributed by atoms with Gasteiger partial charge in [0.05, 0.1) is 12.5 Å². The van der Waals surface area contributed by atoms with Crippen LogP contribution >= 0.6 is 0 Å². The van der Waals surface area contributed by atoms with Gasteiger partial charge in [0.25, 0.3) is 0 Å². The Balaban J connectivity index is 1.89. The molecule has 0 bridgehead atoms. The van der Waals surface area contributed by atoms with Crippen LogP contribution in [-0.4, -0.2) is 41.1 Å². The summed E-state index contributed by atoms with van der Waals surface area (Å²) in [6.45, 7) is 5.22. The molecule has 134 valence electrons. The number of nitrogens with zero attached hydrogens (tertiary/aromatic N) is 1. The molecule has 0 radical (unpaired) electrons. The summed E-state index contributed by atoms with van der Waals surface area (Å²) in [5.41, 5.74) is 0.0692. The van der Waals surface area contributed by atoms with E-state index < -0.39 is 17.7 Å². The second-order valence-electron chi connectivity index (χ2n) is 6.86. The molecule has 1 saturated heterocycles. The lowest BCUT2D eigenvalue weighted by molar-refractivity contribution is -0.124. The van der Waals surface area contributed by atoms with Crippen molar-refractivity contribution in [1.82, 2.24) is 10.2 Å². The Morgan fingerprint density at radius 1 is 1.38 bits per heavy atom. The van der Waals surface area contributed by atoms with E-state index in [1.807, 2.05) is 18.7 Å². The van der Waals surface area contributed by atoms with E-state index in [1.165, 1.54) is 18.2 Å². The standard InChI is InChI=1S/C18H26F2N2O2/c1-12(2)17(23)9-18(24)21-13-5-4-8-22(10-13)11-14-15(19)6-3-7-16(14)20/h3,6-7,12-13,17,23H,4-5,8-11H2,1-2H3,(H,21,24). The van der Waals surface area contributed by atoms with Crippen LogP contribution in [0.15, 0.2) is 18.2 Å². The Morgan fingerprint density at radius 2 is 2.04 bits per heavy atom. The van der Waals surface area contributed by atoms with Crippen molar-refractivity contribution in [1.29, 1.82) is 0 Å². The first-order chi connectivity index (χ1) is 11.4. The lowest BCUT2D eigenvalue weighted by Gasteiger charge is -2.33. The van der Waals surface area contributed by atoms with Crippen LogP contribution in [0.2, 0.25) is 0 Å². The second kappa shape index (κ2) is 8.53. The number of amides is 1. The van der Waals surface area contributed by atoms with Gasteiger partial charge in [0.2, 0.25) is 5.91 Å². The zero-order chi connectivity index (χ0) is 17.7. The molecule has 1 aromatic rings. The molecule has 6 heteroatoms. The van der Waals surface area contributed by atoms with Gasteiger partial charge in [-0.05, 0) is 37.4 Å². The SMILES string of the molecule is CC(C)C(O)CC(=O)NC1CCCN(Cc2c(F)cccc2F)C1. The molecule has 1 amide bonds. The molecule has 0 aliphatic carbocycles. The molecule has 0 saturated carbocycles. The molecule has 1 heterocycles. The first-order valence-electron chi connectivity index (χ1n) is 8.49. The average molecular weight is 340 g/mol. The van der Waals surface area contributed by atoms with Crippen molar-refractivity contribution in [3.63, 3.8) is 0 Å². The Morgan fingerprint density at radius 3 is 2.67 bits per heavy atom. The van der Waals surface area contributed by atoms with E-state index in [0.29, 0.717) is 6.54 Å². The highest BCUT2D eigenvalue weighted by molar-refractivity contribution is 5.76. The molecular formula is C18H26F2N2O2. The van der Waals surface area contributed by atoms with Gasteiger partial charge in [-0.3, -0.25) is 9.69 Å². The van der Waals surface area contributed by atoms with E-state index in [9.17, 15) is 18.7 Å². The summed E-state index contributed by atoms with van der Waals surface area (Å²) >= 11 is 0. The number of benzene rings is 1. The number of hydrogen-bond donors (Lipinski definition) is 2. The fraction of sp³-hybridized carbons (Fsp3) is 0.611. The van der Waals surface area contributed by atoms with Crippen molar-refractivity contribution < 1.29 is 18.7 Å². The maximum atomic E-state index is 13.8.